The Balaban J connectivity index is 2.02. The van der Waals surface area contributed by atoms with E-state index >= 15 is 0 Å². The van der Waals surface area contributed by atoms with Gasteiger partial charge in [0.15, 0.2) is 0 Å². The molecule has 1 aromatic carbocycles. The summed E-state index contributed by atoms with van der Waals surface area (Å²) in [5.41, 5.74) is 1.71. The fraction of sp³-hybridized carbons (Fsp3) is 0.684. The highest BCUT2D eigenvalue weighted by Gasteiger charge is 2.28. The van der Waals surface area contributed by atoms with Gasteiger partial charge in [-0.1, -0.05) is 39.0 Å². The fourth-order valence-electron chi connectivity index (χ4n) is 3.01. The van der Waals surface area contributed by atoms with Crippen LogP contribution in [0.4, 0.5) is 0 Å². The lowest BCUT2D eigenvalue weighted by Gasteiger charge is -2.41. The summed E-state index contributed by atoms with van der Waals surface area (Å²) in [6.45, 7) is 15.9. The number of hydrogen-bond acceptors (Lipinski definition) is 2. The van der Waals surface area contributed by atoms with Gasteiger partial charge in [0.25, 0.3) is 0 Å². The maximum Gasteiger partial charge on any atom is 0.123 e. The molecule has 0 aliphatic carbocycles. The number of nitrogens with zero attached hydrogens (tertiary/aromatic N) is 1. The Hall–Kier alpha value is -1.02. The molecule has 0 bridgehead atoms. The number of benzene rings is 1. The van der Waals surface area contributed by atoms with Gasteiger partial charge < -0.3 is 4.74 Å². The summed E-state index contributed by atoms with van der Waals surface area (Å²) in [5, 5.41) is 0. The zero-order chi connectivity index (χ0) is 15.7. The first-order valence-corrected chi connectivity index (χ1v) is 8.19. The van der Waals surface area contributed by atoms with Crippen LogP contribution in [0.15, 0.2) is 24.3 Å². The first kappa shape index (κ1) is 16.4. The van der Waals surface area contributed by atoms with Crippen molar-refractivity contribution in [1.82, 2.24) is 4.90 Å². The van der Waals surface area contributed by atoms with Crippen LogP contribution in [0.5, 0.6) is 5.75 Å². The van der Waals surface area contributed by atoms with Gasteiger partial charge in [0, 0.05) is 18.6 Å². The lowest BCUT2D eigenvalue weighted by atomic mass is 9.86. The number of piperidine rings is 1. The van der Waals surface area contributed by atoms with Crippen LogP contribution in [-0.2, 0) is 5.41 Å². The van der Waals surface area contributed by atoms with Gasteiger partial charge in [-0.2, -0.15) is 0 Å². The highest BCUT2D eigenvalue weighted by atomic mass is 16.5. The van der Waals surface area contributed by atoms with Gasteiger partial charge in [-0.15, -0.1) is 0 Å². The van der Waals surface area contributed by atoms with E-state index < -0.39 is 0 Å². The number of ether oxygens (including phenoxy) is 1. The average Bonchev–Trinajstić information content (AvgIpc) is 2.37. The van der Waals surface area contributed by atoms with Crippen LogP contribution in [0.2, 0.25) is 0 Å². The molecule has 2 nitrogen and oxygen atoms in total. The number of likely N-dealkylation sites (tertiary alicyclic amines) is 1. The van der Waals surface area contributed by atoms with E-state index in [4.69, 9.17) is 4.74 Å². The molecule has 1 aliphatic rings. The molecule has 0 unspecified atom stereocenters. The van der Waals surface area contributed by atoms with Crippen molar-refractivity contribution < 1.29 is 4.74 Å². The molecule has 1 fully saturated rings. The predicted molar refractivity (Wildman–Crippen MR) is 90.1 cm³/mol. The van der Waals surface area contributed by atoms with Gasteiger partial charge in [-0.05, 0) is 50.7 Å². The molecule has 1 aromatic rings. The standard InChI is InChI=1S/C19H31NO/c1-18(2,3)16-9-7-8-10-17(16)21-15-11-13-20(14-12-15)19(4,5)6/h7-10,15H,11-14H2,1-6H3. The first-order chi connectivity index (χ1) is 9.68. The molecule has 1 saturated heterocycles. The van der Waals surface area contributed by atoms with Crippen molar-refractivity contribution in [3.05, 3.63) is 29.8 Å². The van der Waals surface area contributed by atoms with E-state index in [2.05, 4.69) is 70.7 Å². The second-order valence-corrected chi connectivity index (χ2v) is 8.22. The molecule has 118 valence electrons. The molecule has 0 N–H and O–H groups in total. The lowest BCUT2D eigenvalue weighted by Crippen LogP contribution is -2.48. The van der Waals surface area contributed by atoms with Crippen molar-refractivity contribution in [2.75, 3.05) is 13.1 Å². The van der Waals surface area contributed by atoms with Crippen LogP contribution < -0.4 is 4.74 Å². The minimum absolute atomic E-state index is 0.128. The van der Waals surface area contributed by atoms with Gasteiger partial charge in [-0.3, -0.25) is 4.90 Å². The monoisotopic (exact) mass is 289 g/mol. The number of para-hydroxylation sites is 1. The van der Waals surface area contributed by atoms with Gasteiger partial charge in [0.1, 0.15) is 11.9 Å². The highest BCUT2D eigenvalue weighted by molar-refractivity contribution is 5.38. The van der Waals surface area contributed by atoms with Crippen molar-refractivity contribution in [2.45, 2.75) is 71.4 Å². The molecule has 0 amide bonds. The second-order valence-electron chi connectivity index (χ2n) is 8.22. The Labute approximate surface area is 130 Å². The molecule has 0 radical (unpaired) electrons. The Kier molecular flexibility index (Phi) is 4.67. The Morgan fingerprint density at radius 1 is 0.952 bits per heavy atom. The third kappa shape index (κ3) is 4.23. The molecule has 1 aliphatic heterocycles. The van der Waals surface area contributed by atoms with Crippen molar-refractivity contribution in [3.63, 3.8) is 0 Å². The predicted octanol–water partition coefficient (Wildman–Crippen LogP) is 4.63. The zero-order valence-corrected chi connectivity index (χ0v) is 14.6. The zero-order valence-electron chi connectivity index (χ0n) is 14.6. The van der Waals surface area contributed by atoms with Crippen LogP contribution in [0.25, 0.3) is 0 Å². The van der Waals surface area contributed by atoms with E-state index in [9.17, 15) is 0 Å². The topological polar surface area (TPSA) is 12.5 Å². The molecule has 2 rings (SSSR count). The Morgan fingerprint density at radius 3 is 2.05 bits per heavy atom. The summed E-state index contributed by atoms with van der Waals surface area (Å²) < 4.78 is 6.35. The molecule has 0 saturated carbocycles. The smallest absolute Gasteiger partial charge is 0.123 e. The Morgan fingerprint density at radius 2 is 1.52 bits per heavy atom. The molecule has 21 heavy (non-hydrogen) atoms. The molecule has 0 spiro atoms. The van der Waals surface area contributed by atoms with E-state index in [1.54, 1.807) is 0 Å². The molecule has 1 heterocycles. The normalized spacial score (nSPS) is 18.8. The van der Waals surface area contributed by atoms with Crippen molar-refractivity contribution >= 4 is 0 Å². The third-order valence-electron chi connectivity index (χ3n) is 4.38. The summed E-state index contributed by atoms with van der Waals surface area (Å²) in [4.78, 5) is 2.56. The van der Waals surface area contributed by atoms with Gasteiger partial charge >= 0.3 is 0 Å². The highest BCUT2D eigenvalue weighted by Crippen LogP contribution is 2.33. The van der Waals surface area contributed by atoms with E-state index in [-0.39, 0.29) is 11.0 Å². The quantitative estimate of drug-likeness (QED) is 0.787. The molecular weight excluding hydrogens is 258 g/mol. The van der Waals surface area contributed by atoms with Gasteiger partial charge in [0.2, 0.25) is 0 Å². The van der Waals surface area contributed by atoms with Crippen molar-refractivity contribution in [2.24, 2.45) is 0 Å². The fourth-order valence-corrected chi connectivity index (χ4v) is 3.01. The number of rotatable bonds is 2. The van der Waals surface area contributed by atoms with Crippen LogP contribution in [-0.4, -0.2) is 29.6 Å². The largest absolute Gasteiger partial charge is 0.490 e. The lowest BCUT2D eigenvalue weighted by molar-refractivity contribution is 0.0484. The van der Waals surface area contributed by atoms with E-state index in [1.165, 1.54) is 5.56 Å². The van der Waals surface area contributed by atoms with Crippen molar-refractivity contribution in [1.29, 1.82) is 0 Å². The van der Waals surface area contributed by atoms with Crippen LogP contribution in [0.3, 0.4) is 0 Å². The summed E-state index contributed by atoms with van der Waals surface area (Å²) in [6.07, 6.45) is 2.60. The second kappa shape index (κ2) is 6.00. The number of hydrogen-bond donors (Lipinski definition) is 0. The van der Waals surface area contributed by atoms with E-state index in [0.717, 1.165) is 31.7 Å². The maximum atomic E-state index is 6.35. The van der Waals surface area contributed by atoms with Gasteiger partial charge in [0.05, 0.1) is 0 Å². The minimum atomic E-state index is 0.128. The van der Waals surface area contributed by atoms with Crippen LogP contribution >= 0.6 is 0 Å². The SMILES string of the molecule is CC(C)(C)c1ccccc1OC1CCN(C(C)(C)C)CC1. The van der Waals surface area contributed by atoms with Crippen molar-refractivity contribution in [3.8, 4) is 5.75 Å². The average molecular weight is 289 g/mol. The molecular formula is C19H31NO. The first-order valence-electron chi connectivity index (χ1n) is 8.19. The summed E-state index contributed by atoms with van der Waals surface area (Å²) >= 11 is 0. The summed E-state index contributed by atoms with van der Waals surface area (Å²) in [6, 6.07) is 8.50. The summed E-state index contributed by atoms with van der Waals surface area (Å²) in [7, 11) is 0. The molecule has 0 atom stereocenters. The maximum absolute atomic E-state index is 6.35. The van der Waals surface area contributed by atoms with E-state index in [0.29, 0.717) is 6.10 Å². The molecule has 2 heteroatoms. The van der Waals surface area contributed by atoms with Crippen LogP contribution in [0.1, 0.15) is 59.9 Å². The summed E-state index contributed by atoms with van der Waals surface area (Å²) in [5.74, 6) is 1.07. The molecule has 0 aromatic heterocycles. The Bertz CT molecular complexity index is 459. The van der Waals surface area contributed by atoms with Gasteiger partial charge in [-0.25, -0.2) is 0 Å². The van der Waals surface area contributed by atoms with E-state index in [1.807, 2.05) is 0 Å². The van der Waals surface area contributed by atoms with Crippen LogP contribution in [0, 0.1) is 0 Å². The third-order valence-corrected chi connectivity index (χ3v) is 4.38. The minimum Gasteiger partial charge on any atom is -0.490 e.